The molecule has 32 heavy (non-hydrogen) atoms. The van der Waals surface area contributed by atoms with Gasteiger partial charge in [-0.15, -0.1) is 0 Å². The van der Waals surface area contributed by atoms with Crippen LogP contribution in [-0.4, -0.2) is 16.2 Å². The number of hydrogen-bond donors (Lipinski definition) is 2. The third-order valence-corrected chi connectivity index (χ3v) is 4.23. The number of benzene rings is 3. The van der Waals surface area contributed by atoms with Gasteiger partial charge >= 0.3 is 12.1 Å². The van der Waals surface area contributed by atoms with Crippen LogP contribution in [0.15, 0.2) is 60.7 Å². The third-order valence-electron chi connectivity index (χ3n) is 4.23. The molecular weight excluding hydrogens is 419 g/mol. The molecule has 3 rings (SSSR count). The Morgan fingerprint density at radius 3 is 2.06 bits per heavy atom. The van der Waals surface area contributed by atoms with Crippen molar-refractivity contribution < 1.29 is 28.2 Å². The van der Waals surface area contributed by atoms with E-state index in [1.54, 1.807) is 24.3 Å². The summed E-state index contributed by atoms with van der Waals surface area (Å²) in [7, 11) is 0. The summed E-state index contributed by atoms with van der Waals surface area (Å²) in [5, 5.41) is 27.6. The van der Waals surface area contributed by atoms with Gasteiger partial charge in [-0.05, 0) is 59.7 Å². The fraction of sp³-hybridized carbons (Fsp3) is 0.120. The number of aromatic hydroxyl groups is 1. The van der Waals surface area contributed by atoms with Crippen molar-refractivity contribution in [2.45, 2.75) is 20.0 Å². The first-order valence-electron chi connectivity index (χ1n) is 9.49. The van der Waals surface area contributed by atoms with Gasteiger partial charge in [0.1, 0.15) is 5.75 Å². The molecule has 0 saturated carbocycles. The van der Waals surface area contributed by atoms with Crippen molar-refractivity contribution >= 4 is 5.97 Å². The molecule has 0 heterocycles. The van der Waals surface area contributed by atoms with Crippen LogP contribution < -0.4 is 0 Å². The molecule has 0 amide bonds. The molecule has 0 aromatic heterocycles. The molecule has 4 nitrogen and oxygen atoms in total. The molecule has 0 aliphatic heterocycles. The molecule has 0 aliphatic carbocycles. The van der Waals surface area contributed by atoms with E-state index < -0.39 is 23.5 Å². The summed E-state index contributed by atoms with van der Waals surface area (Å²) in [6, 6.07) is 15.1. The van der Waals surface area contributed by atoms with Gasteiger partial charge in [0.05, 0.1) is 22.8 Å². The first-order valence-corrected chi connectivity index (χ1v) is 9.49. The highest BCUT2D eigenvalue weighted by molar-refractivity contribution is 5.90. The summed E-state index contributed by atoms with van der Waals surface area (Å²) >= 11 is 0. The van der Waals surface area contributed by atoms with Crippen LogP contribution in [0.4, 0.5) is 13.2 Å². The molecule has 3 aromatic carbocycles. The van der Waals surface area contributed by atoms with E-state index >= 15 is 0 Å². The minimum absolute atomic E-state index is 0.0134. The third kappa shape index (κ3) is 5.68. The Hall–Kier alpha value is -4.23. The lowest BCUT2D eigenvalue weighted by Crippen LogP contribution is -2.07. The SMILES string of the molecule is CC.N#Cc1ccc(-c2cc(C(=O)O)ccc2C#Cc2ccc(O)cc2C(F)(F)F)cc1. The number of phenolic OH excluding ortho intramolecular Hbond substituents is 1. The van der Waals surface area contributed by atoms with Crippen LogP contribution in [0, 0.1) is 23.2 Å². The van der Waals surface area contributed by atoms with Gasteiger partial charge in [0, 0.05) is 11.1 Å². The van der Waals surface area contributed by atoms with E-state index in [2.05, 4.69) is 11.8 Å². The number of carbonyl (C=O) groups is 1. The Bertz CT molecular complexity index is 1230. The minimum atomic E-state index is -4.70. The van der Waals surface area contributed by atoms with Gasteiger partial charge in [-0.3, -0.25) is 0 Å². The normalized spacial score (nSPS) is 10.1. The van der Waals surface area contributed by atoms with Crippen molar-refractivity contribution in [3.8, 4) is 34.8 Å². The Morgan fingerprint density at radius 2 is 1.50 bits per heavy atom. The van der Waals surface area contributed by atoms with Crippen molar-refractivity contribution in [1.82, 2.24) is 0 Å². The van der Waals surface area contributed by atoms with Crippen LogP contribution in [0.5, 0.6) is 5.75 Å². The molecular formula is C25H18F3NO3. The van der Waals surface area contributed by atoms with Gasteiger partial charge in [-0.25, -0.2) is 4.79 Å². The minimum Gasteiger partial charge on any atom is -0.508 e. The summed E-state index contributed by atoms with van der Waals surface area (Å²) < 4.78 is 39.7. The maximum atomic E-state index is 13.2. The van der Waals surface area contributed by atoms with Crippen LogP contribution in [0.3, 0.4) is 0 Å². The molecule has 0 radical (unpaired) electrons. The van der Waals surface area contributed by atoms with E-state index in [1.165, 1.54) is 18.2 Å². The maximum Gasteiger partial charge on any atom is 0.417 e. The fourth-order valence-electron chi connectivity index (χ4n) is 2.76. The molecule has 7 heteroatoms. The monoisotopic (exact) mass is 437 g/mol. The van der Waals surface area contributed by atoms with Gasteiger partial charge in [-0.2, -0.15) is 18.4 Å². The predicted molar refractivity (Wildman–Crippen MR) is 114 cm³/mol. The van der Waals surface area contributed by atoms with Crippen molar-refractivity contribution in [3.05, 3.63) is 88.5 Å². The molecule has 0 bridgehead atoms. The molecule has 3 aromatic rings. The second kappa shape index (κ2) is 10.2. The summed E-state index contributed by atoms with van der Waals surface area (Å²) in [6.45, 7) is 4.00. The number of phenols is 1. The Morgan fingerprint density at radius 1 is 0.906 bits per heavy atom. The first-order chi connectivity index (χ1) is 15.2. The zero-order chi connectivity index (χ0) is 23.9. The Kier molecular flexibility index (Phi) is 7.66. The van der Waals surface area contributed by atoms with E-state index in [4.69, 9.17) is 5.26 Å². The van der Waals surface area contributed by atoms with Crippen molar-refractivity contribution in [2.24, 2.45) is 0 Å². The zero-order valence-corrected chi connectivity index (χ0v) is 17.2. The van der Waals surface area contributed by atoms with E-state index in [-0.39, 0.29) is 11.1 Å². The number of halogens is 3. The zero-order valence-electron chi connectivity index (χ0n) is 17.2. The topological polar surface area (TPSA) is 81.3 Å². The predicted octanol–water partition coefficient (Wildman–Crippen LogP) is 6.07. The van der Waals surface area contributed by atoms with E-state index in [9.17, 15) is 28.2 Å². The highest BCUT2D eigenvalue weighted by Crippen LogP contribution is 2.34. The number of carboxylic acid groups (broad SMARTS) is 1. The first kappa shape index (κ1) is 24.0. The number of nitriles is 1. The second-order valence-corrected chi connectivity index (χ2v) is 6.23. The van der Waals surface area contributed by atoms with Crippen molar-refractivity contribution in [1.29, 1.82) is 5.26 Å². The highest BCUT2D eigenvalue weighted by Gasteiger charge is 2.33. The summed E-state index contributed by atoms with van der Waals surface area (Å²) in [4.78, 5) is 11.3. The Balaban J connectivity index is 0.00000176. The molecule has 0 spiro atoms. The van der Waals surface area contributed by atoms with Crippen molar-refractivity contribution in [2.75, 3.05) is 0 Å². The molecule has 0 unspecified atom stereocenters. The maximum absolute atomic E-state index is 13.2. The number of rotatable bonds is 2. The van der Waals surface area contributed by atoms with E-state index in [0.29, 0.717) is 28.3 Å². The number of nitrogens with zero attached hydrogens (tertiary/aromatic N) is 1. The molecule has 0 fully saturated rings. The lowest BCUT2D eigenvalue weighted by Gasteiger charge is -2.10. The van der Waals surface area contributed by atoms with Gasteiger partial charge in [-0.1, -0.05) is 37.8 Å². The highest BCUT2D eigenvalue weighted by atomic mass is 19.4. The summed E-state index contributed by atoms with van der Waals surface area (Å²) in [5.41, 5.74) is 0.263. The number of aromatic carboxylic acids is 1. The largest absolute Gasteiger partial charge is 0.508 e. The standard InChI is InChI=1S/C23H12F3NO3.C2H6/c24-23(25,26)21-12-19(28)10-9-17(21)7-5-16-6-8-18(22(29)30)11-20(16)15-3-1-14(13-27)2-4-15;1-2/h1-4,6,8-12,28H,(H,29,30);1-2H3. The molecule has 0 saturated heterocycles. The van der Waals surface area contributed by atoms with Crippen LogP contribution >= 0.6 is 0 Å². The van der Waals surface area contributed by atoms with Gasteiger partial charge in [0.25, 0.3) is 0 Å². The fourth-order valence-corrected chi connectivity index (χ4v) is 2.76. The van der Waals surface area contributed by atoms with Gasteiger partial charge in [0.15, 0.2) is 0 Å². The van der Waals surface area contributed by atoms with Crippen molar-refractivity contribution in [3.63, 3.8) is 0 Å². The number of hydrogen-bond acceptors (Lipinski definition) is 3. The second-order valence-electron chi connectivity index (χ2n) is 6.23. The smallest absolute Gasteiger partial charge is 0.417 e. The van der Waals surface area contributed by atoms with Crippen LogP contribution in [0.25, 0.3) is 11.1 Å². The van der Waals surface area contributed by atoms with Gasteiger partial charge in [0.2, 0.25) is 0 Å². The number of carboxylic acids is 1. The average Bonchev–Trinajstić information content (AvgIpc) is 2.79. The van der Waals surface area contributed by atoms with E-state index in [0.717, 1.165) is 12.1 Å². The lowest BCUT2D eigenvalue weighted by atomic mass is 9.96. The average molecular weight is 437 g/mol. The molecule has 162 valence electrons. The van der Waals surface area contributed by atoms with E-state index in [1.807, 2.05) is 19.9 Å². The molecule has 2 N–H and O–H groups in total. The summed E-state index contributed by atoms with van der Waals surface area (Å²) in [6.07, 6.45) is -4.70. The summed E-state index contributed by atoms with van der Waals surface area (Å²) in [5.74, 6) is 3.43. The van der Waals surface area contributed by atoms with Crippen LogP contribution in [0.2, 0.25) is 0 Å². The lowest BCUT2D eigenvalue weighted by molar-refractivity contribution is -0.137. The quantitative estimate of drug-likeness (QED) is 0.477. The number of alkyl halides is 3. The van der Waals surface area contributed by atoms with Crippen LogP contribution in [-0.2, 0) is 6.18 Å². The van der Waals surface area contributed by atoms with Crippen LogP contribution in [0.1, 0.15) is 46.5 Å². The Labute approximate surface area is 183 Å². The van der Waals surface area contributed by atoms with Gasteiger partial charge < -0.3 is 10.2 Å². The molecule has 0 aliphatic rings. The molecule has 0 atom stereocenters.